The Labute approximate surface area is 379 Å². The van der Waals surface area contributed by atoms with E-state index < -0.39 is 11.9 Å². The molecule has 0 fully saturated rings. The van der Waals surface area contributed by atoms with Gasteiger partial charge in [-0.1, -0.05) is 149 Å². The smallest absolute Gasteiger partial charge is 0.306 e. The van der Waals surface area contributed by atoms with Gasteiger partial charge in [-0.05, 0) is 78.4 Å². The van der Waals surface area contributed by atoms with Crippen molar-refractivity contribution < 1.29 is 47.7 Å². The summed E-state index contributed by atoms with van der Waals surface area (Å²) in [6, 6.07) is 0. The molecule has 0 saturated carbocycles. The minimum Gasteiger partial charge on any atom is -0.466 e. The van der Waals surface area contributed by atoms with E-state index in [0.717, 1.165) is 83.6 Å². The van der Waals surface area contributed by atoms with Crippen molar-refractivity contribution in [2.45, 2.75) is 245 Å². The summed E-state index contributed by atoms with van der Waals surface area (Å²) in [7, 11) is 3.88. The van der Waals surface area contributed by atoms with Crippen LogP contribution in [-0.2, 0) is 47.7 Å². The van der Waals surface area contributed by atoms with Gasteiger partial charge in [0, 0.05) is 32.1 Å². The van der Waals surface area contributed by atoms with Crippen molar-refractivity contribution >= 4 is 29.8 Å². The van der Waals surface area contributed by atoms with Crippen LogP contribution < -0.4 is 0 Å². The van der Waals surface area contributed by atoms with Crippen molar-refractivity contribution in [1.82, 2.24) is 4.90 Å². The maximum Gasteiger partial charge on any atom is 0.306 e. The summed E-state index contributed by atoms with van der Waals surface area (Å²) in [6.07, 6.45) is 32.0. The van der Waals surface area contributed by atoms with E-state index in [-0.39, 0.29) is 75.5 Å². The first kappa shape index (κ1) is 59.3. The maximum absolute atomic E-state index is 12.8. The number of hydrogen-bond donors (Lipinski definition) is 0. The zero-order valence-corrected chi connectivity index (χ0v) is 40.8. The molecule has 0 heterocycles. The second-order valence-electron chi connectivity index (χ2n) is 17.9. The highest BCUT2D eigenvalue weighted by Crippen LogP contribution is 2.18. The van der Waals surface area contributed by atoms with Crippen LogP contribution in [0.25, 0.3) is 0 Å². The summed E-state index contributed by atoms with van der Waals surface area (Å²) in [4.78, 5) is 64.5. The predicted octanol–water partition coefficient (Wildman–Crippen LogP) is 12.6. The highest BCUT2D eigenvalue weighted by atomic mass is 16.6. The predicted molar refractivity (Wildman–Crippen MR) is 250 cm³/mol. The van der Waals surface area contributed by atoms with Gasteiger partial charge in [-0.15, -0.1) is 0 Å². The number of rotatable bonds is 46. The maximum atomic E-state index is 12.8. The largest absolute Gasteiger partial charge is 0.466 e. The number of carbonyl (C=O) groups excluding carboxylic acids is 5. The summed E-state index contributed by atoms with van der Waals surface area (Å²) in [5, 5.41) is 0. The third kappa shape index (κ3) is 42.6. The molecule has 11 heteroatoms. The van der Waals surface area contributed by atoms with Gasteiger partial charge in [0.1, 0.15) is 25.9 Å². The van der Waals surface area contributed by atoms with Crippen LogP contribution in [0, 0.1) is 5.92 Å². The molecule has 0 aromatic carbocycles. The fraction of sp³-hybridized carbons (Fsp3) is 0.902. The van der Waals surface area contributed by atoms with Gasteiger partial charge >= 0.3 is 29.8 Å². The number of esters is 5. The van der Waals surface area contributed by atoms with Crippen molar-refractivity contribution in [1.29, 1.82) is 0 Å². The number of unbranched alkanes of at least 4 members (excludes halogenated alkanes) is 21. The molecule has 0 aliphatic carbocycles. The summed E-state index contributed by atoms with van der Waals surface area (Å²) >= 11 is 0. The molecule has 0 bridgehead atoms. The molecule has 1 atom stereocenters. The molecule has 0 aromatic heterocycles. The number of hydrogen-bond acceptors (Lipinski definition) is 11. The molecule has 0 aromatic rings. The standard InChI is InChI=1S/C51H95NO10/c1-6-9-12-15-18-19-25-30-41-58-47(53)35-28-23-20-24-29-36-48(54)59-42-45(44-61-50(56)39-32-40-52(4)5)43-60-49(55)37-31-38-51(57)62-46(33-26-21-16-13-10-7-2)34-27-22-17-14-11-8-3/h45-46H,6-44H2,1-5H3. The first-order chi connectivity index (χ1) is 30.1. The van der Waals surface area contributed by atoms with E-state index in [1.807, 2.05) is 19.0 Å². The minimum absolute atomic E-state index is 0.0339. The first-order valence-corrected chi connectivity index (χ1v) is 25.6. The monoisotopic (exact) mass is 882 g/mol. The molecule has 1 unspecified atom stereocenters. The van der Waals surface area contributed by atoms with Crippen LogP contribution in [-0.4, -0.2) is 87.9 Å². The molecule has 0 amide bonds. The van der Waals surface area contributed by atoms with Crippen molar-refractivity contribution in [2.24, 2.45) is 5.92 Å². The molecule has 0 rings (SSSR count). The third-order valence-electron chi connectivity index (χ3n) is 11.3. The van der Waals surface area contributed by atoms with Crippen LogP contribution in [0.5, 0.6) is 0 Å². The zero-order chi connectivity index (χ0) is 45.7. The van der Waals surface area contributed by atoms with Gasteiger partial charge in [-0.3, -0.25) is 24.0 Å². The molecule has 0 radical (unpaired) electrons. The quantitative estimate of drug-likeness (QED) is 0.0328. The van der Waals surface area contributed by atoms with Crippen LogP contribution in [0.4, 0.5) is 0 Å². The fourth-order valence-corrected chi connectivity index (χ4v) is 7.28. The van der Waals surface area contributed by atoms with Crippen molar-refractivity contribution in [2.75, 3.05) is 47.1 Å². The Morgan fingerprint density at radius 1 is 0.371 bits per heavy atom. The van der Waals surface area contributed by atoms with E-state index in [9.17, 15) is 24.0 Å². The molecule has 0 saturated heterocycles. The molecule has 62 heavy (non-hydrogen) atoms. The van der Waals surface area contributed by atoms with Crippen LogP contribution >= 0.6 is 0 Å². The van der Waals surface area contributed by atoms with E-state index in [1.54, 1.807) is 0 Å². The first-order valence-electron chi connectivity index (χ1n) is 25.6. The summed E-state index contributed by atoms with van der Waals surface area (Å²) in [5.74, 6) is -2.07. The Bertz CT molecular complexity index is 1070. The number of carbonyl (C=O) groups is 5. The molecular weight excluding hydrogens is 787 g/mol. The topological polar surface area (TPSA) is 135 Å². The Morgan fingerprint density at radius 2 is 0.710 bits per heavy atom. The second kappa shape index (κ2) is 44.9. The van der Waals surface area contributed by atoms with E-state index in [4.69, 9.17) is 23.7 Å². The Hall–Kier alpha value is -2.69. The van der Waals surface area contributed by atoms with Gasteiger partial charge < -0.3 is 28.6 Å². The average molecular weight is 882 g/mol. The van der Waals surface area contributed by atoms with Gasteiger partial charge in [0.15, 0.2) is 0 Å². The molecule has 0 aliphatic heterocycles. The van der Waals surface area contributed by atoms with E-state index in [0.29, 0.717) is 32.3 Å². The van der Waals surface area contributed by atoms with Crippen molar-refractivity contribution in [3.63, 3.8) is 0 Å². The lowest BCUT2D eigenvalue weighted by molar-refractivity contribution is -0.153. The second-order valence-corrected chi connectivity index (χ2v) is 17.9. The van der Waals surface area contributed by atoms with E-state index in [1.165, 1.54) is 89.9 Å². The normalized spacial score (nSPS) is 11.8. The van der Waals surface area contributed by atoms with Gasteiger partial charge in [-0.25, -0.2) is 0 Å². The molecular formula is C51H95NO10. The Balaban J connectivity index is 4.60. The van der Waals surface area contributed by atoms with E-state index >= 15 is 0 Å². The minimum atomic E-state index is -0.509. The van der Waals surface area contributed by atoms with Gasteiger partial charge in [0.2, 0.25) is 0 Å². The molecule has 11 nitrogen and oxygen atoms in total. The summed E-state index contributed by atoms with van der Waals surface area (Å²) in [6.45, 7) is 7.79. The summed E-state index contributed by atoms with van der Waals surface area (Å²) < 4.78 is 27.8. The van der Waals surface area contributed by atoms with Crippen LogP contribution in [0.3, 0.4) is 0 Å². The van der Waals surface area contributed by atoms with Crippen LogP contribution in [0.2, 0.25) is 0 Å². The Kier molecular flexibility index (Phi) is 43.0. The van der Waals surface area contributed by atoms with Gasteiger partial charge in [-0.2, -0.15) is 0 Å². The van der Waals surface area contributed by atoms with Crippen LogP contribution in [0.1, 0.15) is 239 Å². The lowest BCUT2D eigenvalue weighted by Crippen LogP contribution is -2.26. The molecule has 0 aliphatic rings. The summed E-state index contributed by atoms with van der Waals surface area (Å²) in [5.41, 5.74) is 0. The molecule has 0 spiro atoms. The van der Waals surface area contributed by atoms with E-state index in [2.05, 4.69) is 20.8 Å². The average Bonchev–Trinajstić information content (AvgIpc) is 3.24. The highest BCUT2D eigenvalue weighted by molar-refractivity contribution is 5.73. The van der Waals surface area contributed by atoms with Crippen molar-refractivity contribution in [3.8, 4) is 0 Å². The fourth-order valence-electron chi connectivity index (χ4n) is 7.28. The van der Waals surface area contributed by atoms with Crippen molar-refractivity contribution in [3.05, 3.63) is 0 Å². The SMILES string of the molecule is CCCCCCCCCCOC(=O)CCCCCCCC(=O)OCC(COC(=O)CCCC(=O)OC(CCCCCCCC)CCCCCCCC)COC(=O)CCCN(C)C. The highest BCUT2D eigenvalue weighted by Gasteiger charge is 2.19. The zero-order valence-electron chi connectivity index (χ0n) is 40.8. The molecule has 364 valence electrons. The van der Waals surface area contributed by atoms with Gasteiger partial charge in [0.05, 0.1) is 12.5 Å². The third-order valence-corrected chi connectivity index (χ3v) is 11.3. The number of nitrogens with zero attached hydrogens (tertiary/aromatic N) is 1. The lowest BCUT2D eigenvalue weighted by atomic mass is 10.0. The van der Waals surface area contributed by atoms with Crippen LogP contribution in [0.15, 0.2) is 0 Å². The van der Waals surface area contributed by atoms with Gasteiger partial charge in [0.25, 0.3) is 0 Å². The lowest BCUT2D eigenvalue weighted by Gasteiger charge is -2.19. The number of ether oxygens (including phenoxy) is 5. The molecule has 0 N–H and O–H groups in total. The Morgan fingerprint density at radius 3 is 1.15 bits per heavy atom.